The van der Waals surface area contributed by atoms with E-state index in [0.717, 1.165) is 33.6 Å². The van der Waals surface area contributed by atoms with Crippen LogP contribution in [0.1, 0.15) is 22.3 Å². The molecule has 0 radical (unpaired) electrons. The standard InChI is InChI=1S/C25H20ClNO/c1-17-8-9-18(2)23(14-17)27-24(20-6-4-3-5-7-20)16-21(25(27)28)15-19-10-12-22(26)13-11-19/h3-16H,1-2H3. The number of nitrogens with zero attached hydrogens (tertiary/aromatic N) is 1. The minimum absolute atomic E-state index is 0.0255. The number of carbonyl (C=O) groups is 1. The molecule has 0 saturated heterocycles. The van der Waals surface area contributed by atoms with Crippen molar-refractivity contribution in [3.05, 3.63) is 112 Å². The largest absolute Gasteiger partial charge is 0.276 e. The highest BCUT2D eigenvalue weighted by Gasteiger charge is 2.31. The van der Waals surface area contributed by atoms with Crippen LogP contribution in [0.5, 0.6) is 0 Å². The van der Waals surface area contributed by atoms with Gasteiger partial charge in [0.1, 0.15) is 0 Å². The Morgan fingerprint density at radius 1 is 0.893 bits per heavy atom. The zero-order valence-corrected chi connectivity index (χ0v) is 16.6. The number of hydrogen-bond acceptors (Lipinski definition) is 1. The Hall–Kier alpha value is -3.10. The quantitative estimate of drug-likeness (QED) is 0.476. The SMILES string of the molecule is Cc1ccc(C)c(N2C(=O)C(=Cc3ccc(Cl)cc3)C=C2c2ccccc2)c1. The van der Waals surface area contributed by atoms with Gasteiger partial charge in [-0.2, -0.15) is 0 Å². The molecule has 0 N–H and O–H groups in total. The third-order valence-corrected chi connectivity index (χ3v) is 5.10. The van der Waals surface area contributed by atoms with Crippen LogP contribution >= 0.6 is 11.6 Å². The van der Waals surface area contributed by atoms with Crippen molar-refractivity contribution in [1.29, 1.82) is 0 Å². The molecule has 0 bridgehead atoms. The maximum Gasteiger partial charge on any atom is 0.262 e. The van der Waals surface area contributed by atoms with Gasteiger partial charge in [-0.15, -0.1) is 0 Å². The van der Waals surface area contributed by atoms with Crippen LogP contribution in [0.2, 0.25) is 5.02 Å². The molecule has 3 aromatic carbocycles. The predicted octanol–water partition coefficient (Wildman–Crippen LogP) is 6.43. The van der Waals surface area contributed by atoms with Crippen LogP contribution in [0, 0.1) is 13.8 Å². The second-order valence-corrected chi connectivity index (χ2v) is 7.41. The summed E-state index contributed by atoms with van der Waals surface area (Å²) < 4.78 is 0. The highest BCUT2D eigenvalue weighted by atomic mass is 35.5. The molecule has 0 saturated carbocycles. The third-order valence-electron chi connectivity index (χ3n) is 4.85. The Labute approximate surface area is 170 Å². The molecule has 2 nitrogen and oxygen atoms in total. The zero-order chi connectivity index (χ0) is 19.7. The van der Waals surface area contributed by atoms with E-state index < -0.39 is 0 Å². The Morgan fingerprint density at radius 2 is 1.61 bits per heavy atom. The molecule has 0 spiro atoms. The fraction of sp³-hybridized carbons (Fsp3) is 0.0800. The first kappa shape index (κ1) is 18.3. The number of amides is 1. The van der Waals surface area contributed by atoms with E-state index in [1.165, 1.54) is 0 Å². The van der Waals surface area contributed by atoms with E-state index in [1.807, 2.05) is 85.5 Å². The summed E-state index contributed by atoms with van der Waals surface area (Å²) in [7, 11) is 0. The summed E-state index contributed by atoms with van der Waals surface area (Å²) in [5.74, 6) is -0.0255. The fourth-order valence-electron chi connectivity index (χ4n) is 3.37. The number of carbonyl (C=O) groups excluding carboxylic acids is 1. The van der Waals surface area contributed by atoms with E-state index >= 15 is 0 Å². The molecule has 1 aliphatic rings. The Bertz CT molecular complexity index is 1100. The van der Waals surface area contributed by atoms with Crippen molar-refractivity contribution in [2.45, 2.75) is 13.8 Å². The van der Waals surface area contributed by atoms with Gasteiger partial charge in [0.25, 0.3) is 5.91 Å². The first-order valence-electron chi connectivity index (χ1n) is 9.19. The molecular weight excluding hydrogens is 366 g/mol. The van der Waals surface area contributed by atoms with Gasteiger partial charge in [0, 0.05) is 10.6 Å². The molecule has 0 aromatic heterocycles. The van der Waals surface area contributed by atoms with Crippen LogP contribution in [0.3, 0.4) is 0 Å². The van der Waals surface area contributed by atoms with Gasteiger partial charge in [-0.25, -0.2) is 0 Å². The number of halogens is 1. The molecule has 1 heterocycles. The van der Waals surface area contributed by atoms with Gasteiger partial charge in [0.05, 0.1) is 11.4 Å². The number of benzene rings is 3. The van der Waals surface area contributed by atoms with E-state index in [-0.39, 0.29) is 5.91 Å². The maximum absolute atomic E-state index is 13.4. The summed E-state index contributed by atoms with van der Waals surface area (Å²) in [4.78, 5) is 15.2. The molecule has 4 rings (SSSR count). The summed E-state index contributed by atoms with van der Waals surface area (Å²) in [5.41, 5.74) is 6.60. The van der Waals surface area contributed by atoms with Crippen LogP contribution in [0.15, 0.2) is 84.4 Å². The van der Waals surface area contributed by atoms with Crippen molar-refractivity contribution in [3.63, 3.8) is 0 Å². The molecular formula is C25H20ClNO. The zero-order valence-electron chi connectivity index (χ0n) is 15.8. The lowest BCUT2D eigenvalue weighted by Crippen LogP contribution is -2.25. The molecule has 3 aromatic rings. The van der Waals surface area contributed by atoms with Crippen molar-refractivity contribution in [2.75, 3.05) is 4.90 Å². The first-order chi connectivity index (χ1) is 13.5. The molecule has 0 fully saturated rings. The minimum atomic E-state index is -0.0255. The average molecular weight is 386 g/mol. The Kier molecular flexibility index (Phi) is 4.89. The summed E-state index contributed by atoms with van der Waals surface area (Å²) in [6.07, 6.45) is 3.88. The fourth-order valence-corrected chi connectivity index (χ4v) is 3.50. The van der Waals surface area contributed by atoms with E-state index in [2.05, 4.69) is 18.2 Å². The van der Waals surface area contributed by atoms with Gasteiger partial charge in [-0.05, 0) is 66.5 Å². The van der Waals surface area contributed by atoms with Crippen LogP contribution in [0.25, 0.3) is 11.8 Å². The molecule has 1 aliphatic heterocycles. The predicted molar refractivity (Wildman–Crippen MR) is 117 cm³/mol. The normalized spacial score (nSPS) is 15.2. The lowest BCUT2D eigenvalue weighted by Gasteiger charge is -2.23. The second-order valence-electron chi connectivity index (χ2n) is 6.98. The van der Waals surface area contributed by atoms with Gasteiger partial charge in [0.15, 0.2) is 0 Å². The van der Waals surface area contributed by atoms with Crippen molar-refractivity contribution in [1.82, 2.24) is 0 Å². The summed E-state index contributed by atoms with van der Waals surface area (Å²) >= 11 is 5.99. The minimum Gasteiger partial charge on any atom is -0.276 e. The van der Waals surface area contributed by atoms with Gasteiger partial charge >= 0.3 is 0 Å². The number of hydrogen-bond donors (Lipinski definition) is 0. The van der Waals surface area contributed by atoms with Gasteiger partial charge in [-0.1, -0.05) is 66.2 Å². The summed E-state index contributed by atoms with van der Waals surface area (Å²) in [6.45, 7) is 4.07. The van der Waals surface area contributed by atoms with Crippen LogP contribution < -0.4 is 4.90 Å². The van der Waals surface area contributed by atoms with E-state index in [9.17, 15) is 4.79 Å². The Balaban J connectivity index is 1.85. The molecule has 0 aliphatic carbocycles. The molecule has 1 amide bonds. The van der Waals surface area contributed by atoms with Crippen molar-refractivity contribution in [3.8, 4) is 0 Å². The molecule has 28 heavy (non-hydrogen) atoms. The highest BCUT2D eigenvalue weighted by Crippen LogP contribution is 2.37. The summed E-state index contributed by atoms with van der Waals surface area (Å²) in [5, 5.41) is 0.678. The first-order valence-corrected chi connectivity index (χ1v) is 9.57. The van der Waals surface area contributed by atoms with Crippen molar-refractivity contribution < 1.29 is 4.79 Å². The number of aryl methyl sites for hydroxylation is 2. The van der Waals surface area contributed by atoms with Crippen LogP contribution in [-0.2, 0) is 4.79 Å². The molecule has 0 unspecified atom stereocenters. The van der Waals surface area contributed by atoms with Crippen LogP contribution in [-0.4, -0.2) is 5.91 Å². The highest BCUT2D eigenvalue weighted by molar-refractivity contribution is 6.30. The van der Waals surface area contributed by atoms with E-state index in [4.69, 9.17) is 11.6 Å². The Morgan fingerprint density at radius 3 is 2.32 bits per heavy atom. The van der Waals surface area contributed by atoms with Gasteiger partial charge < -0.3 is 0 Å². The van der Waals surface area contributed by atoms with Crippen molar-refractivity contribution >= 4 is 35.0 Å². The van der Waals surface area contributed by atoms with Crippen LogP contribution in [0.4, 0.5) is 5.69 Å². The smallest absolute Gasteiger partial charge is 0.262 e. The van der Waals surface area contributed by atoms with E-state index in [1.54, 1.807) is 0 Å². The topological polar surface area (TPSA) is 20.3 Å². The van der Waals surface area contributed by atoms with Gasteiger partial charge in [0.2, 0.25) is 0 Å². The summed E-state index contributed by atoms with van der Waals surface area (Å²) in [6, 6.07) is 23.7. The number of anilines is 1. The molecule has 0 atom stereocenters. The molecule has 3 heteroatoms. The van der Waals surface area contributed by atoms with Crippen molar-refractivity contribution in [2.24, 2.45) is 0 Å². The second kappa shape index (κ2) is 7.49. The molecule has 138 valence electrons. The lowest BCUT2D eigenvalue weighted by atomic mass is 10.1. The monoisotopic (exact) mass is 385 g/mol. The maximum atomic E-state index is 13.4. The third kappa shape index (κ3) is 3.51. The number of rotatable bonds is 3. The van der Waals surface area contributed by atoms with E-state index in [0.29, 0.717) is 10.6 Å². The lowest BCUT2D eigenvalue weighted by molar-refractivity contribution is -0.113. The van der Waals surface area contributed by atoms with Gasteiger partial charge in [-0.3, -0.25) is 9.69 Å². The average Bonchev–Trinajstić information content (AvgIpc) is 3.02.